The molecular weight excluding hydrogens is 344 g/mol. The van der Waals surface area contributed by atoms with Crippen molar-refractivity contribution in [3.05, 3.63) is 29.8 Å². The number of nitrogens with zero attached hydrogens (tertiary/aromatic N) is 1. The average molecular weight is 367 g/mol. The molecule has 0 spiro atoms. The molecule has 1 aliphatic rings. The Balaban J connectivity index is 1.75. The molecule has 0 atom stereocenters. The minimum absolute atomic E-state index is 0.0691. The minimum Gasteiger partial charge on any atom is -0.347 e. The number of halogens is 2. The van der Waals surface area contributed by atoms with Crippen LogP contribution in [0.1, 0.15) is 26.7 Å². The second-order valence-electron chi connectivity index (χ2n) is 6.65. The number of nitrogens with one attached hydrogen (secondary N) is 2. The largest absolute Gasteiger partial charge is 0.347 e. The van der Waals surface area contributed by atoms with E-state index in [4.69, 9.17) is 0 Å². The van der Waals surface area contributed by atoms with Crippen LogP contribution in [-0.4, -0.2) is 42.3 Å². The van der Waals surface area contributed by atoms with Crippen molar-refractivity contribution in [3.63, 3.8) is 0 Å². The maximum atomic E-state index is 13.1. The van der Waals surface area contributed by atoms with E-state index in [2.05, 4.69) is 10.6 Å². The average Bonchev–Trinajstić information content (AvgIpc) is 2.62. The van der Waals surface area contributed by atoms with Gasteiger partial charge in [0.1, 0.15) is 0 Å². The van der Waals surface area contributed by atoms with Crippen LogP contribution in [0.5, 0.6) is 0 Å². The third-order valence-corrected chi connectivity index (χ3v) is 4.30. The predicted octanol–water partition coefficient (Wildman–Crippen LogP) is 1.91. The van der Waals surface area contributed by atoms with Gasteiger partial charge in [0.05, 0.1) is 6.54 Å². The van der Waals surface area contributed by atoms with Crippen molar-refractivity contribution in [2.45, 2.75) is 26.7 Å². The van der Waals surface area contributed by atoms with Crippen LogP contribution in [-0.2, 0) is 14.4 Å². The first-order chi connectivity index (χ1) is 12.3. The van der Waals surface area contributed by atoms with Gasteiger partial charge in [0.2, 0.25) is 17.7 Å². The molecule has 0 bridgehead atoms. The van der Waals surface area contributed by atoms with Crippen LogP contribution in [0, 0.1) is 23.5 Å². The summed E-state index contributed by atoms with van der Waals surface area (Å²) < 4.78 is 25.9. The Labute approximate surface area is 150 Å². The van der Waals surface area contributed by atoms with E-state index in [1.165, 1.54) is 6.07 Å². The number of hydrogen-bond acceptors (Lipinski definition) is 3. The quantitative estimate of drug-likeness (QED) is 0.835. The zero-order chi connectivity index (χ0) is 19.3. The van der Waals surface area contributed by atoms with E-state index in [0.717, 1.165) is 12.1 Å². The highest BCUT2D eigenvalue weighted by atomic mass is 19.2. The molecule has 2 rings (SSSR count). The van der Waals surface area contributed by atoms with Crippen LogP contribution in [0.4, 0.5) is 14.5 Å². The molecule has 0 radical (unpaired) electrons. The monoisotopic (exact) mass is 367 g/mol. The van der Waals surface area contributed by atoms with Gasteiger partial charge in [-0.25, -0.2) is 8.78 Å². The molecule has 8 heteroatoms. The van der Waals surface area contributed by atoms with Gasteiger partial charge in [-0.15, -0.1) is 0 Å². The Morgan fingerprint density at radius 1 is 1.15 bits per heavy atom. The van der Waals surface area contributed by atoms with Crippen LogP contribution in [0.15, 0.2) is 18.2 Å². The Morgan fingerprint density at radius 2 is 1.81 bits per heavy atom. The Hall–Kier alpha value is -2.51. The third kappa shape index (κ3) is 5.24. The topological polar surface area (TPSA) is 78.5 Å². The van der Waals surface area contributed by atoms with E-state index in [1.807, 2.05) is 13.8 Å². The fourth-order valence-electron chi connectivity index (χ4n) is 2.82. The molecule has 2 N–H and O–H groups in total. The lowest BCUT2D eigenvalue weighted by Gasteiger charge is -2.32. The van der Waals surface area contributed by atoms with E-state index in [9.17, 15) is 23.2 Å². The molecule has 3 amide bonds. The van der Waals surface area contributed by atoms with E-state index in [1.54, 1.807) is 4.90 Å². The molecule has 1 aliphatic heterocycles. The van der Waals surface area contributed by atoms with Gasteiger partial charge in [-0.1, -0.05) is 13.8 Å². The van der Waals surface area contributed by atoms with Crippen LogP contribution < -0.4 is 10.6 Å². The van der Waals surface area contributed by atoms with Gasteiger partial charge in [-0.2, -0.15) is 0 Å². The summed E-state index contributed by atoms with van der Waals surface area (Å²) in [5.74, 6) is -3.08. The highest BCUT2D eigenvalue weighted by molar-refractivity contribution is 5.94. The third-order valence-electron chi connectivity index (χ3n) is 4.30. The normalized spacial score (nSPS) is 15.0. The molecule has 0 aromatic heterocycles. The number of hydrogen-bond donors (Lipinski definition) is 2. The Morgan fingerprint density at radius 3 is 2.38 bits per heavy atom. The molecule has 1 fully saturated rings. The summed E-state index contributed by atoms with van der Waals surface area (Å²) in [6, 6.07) is 3.02. The number of carbonyl (C=O) groups excluding carboxylic acids is 3. The number of carbonyl (C=O) groups is 3. The van der Waals surface area contributed by atoms with Crippen LogP contribution in [0.2, 0.25) is 0 Å². The van der Waals surface area contributed by atoms with Gasteiger partial charge >= 0.3 is 0 Å². The van der Waals surface area contributed by atoms with E-state index < -0.39 is 17.5 Å². The first-order valence-corrected chi connectivity index (χ1v) is 8.59. The number of benzene rings is 1. The van der Waals surface area contributed by atoms with Crippen molar-refractivity contribution in [1.29, 1.82) is 0 Å². The number of rotatable bonds is 5. The first kappa shape index (κ1) is 19.8. The number of anilines is 1. The lowest BCUT2D eigenvalue weighted by Crippen LogP contribution is -2.45. The van der Waals surface area contributed by atoms with E-state index in [-0.39, 0.29) is 35.9 Å². The maximum Gasteiger partial charge on any atom is 0.243 e. The molecule has 142 valence electrons. The van der Waals surface area contributed by atoms with Crippen LogP contribution >= 0.6 is 0 Å². The standard InChI is InChI=1S/C18H23F2N3O3/c1-11(2)18(26)23-7-5-12(6-8-23)17(25)21-10-16(24)22-13-3-4-14(19)15(20)9-13/h3-4,9,11-12H,5-8,10H2,1-2H3,(H,21,25)(H,22,24). The smallest absolute Gasteiger partial charge is 0.243 e. The highest BCUT2D eigenvalue weighted by Gasteiger charge is 2.28. The molecule has 1 aromatic rings. The van der Waals surface area contributed by atoms with Gasteiger partial charge < -0.3 is 15.5 Å². The zero-order valence-electron chi connectivity index (χ0n) is 14.9. The van der Waals surface area contributed by atoms with Crippen molar-refractivity contribution in [3.8, 4) is 0 Å². The van der Waals surface area contributed by atoms with Crippen molar-refractivity contribution in [2.24, 2.45) is 11.8 Å². The second kappa shape index (κ2) is 8.73. The summed E-state index contributed by atoms with van der Waals surface area (Å²) in [6.07, 6.45) is 1.10. The second-order valence-corrected chi connectivity index (χ2v) is 6.65. The van der Waals surface area contributed by atoms with Gasteiger partial charge in [0.15, 0.2) is 11.6 Å². The van der Waals surface area contributed by atoms with Gasteiger partial charge in [0.25, 0.3) is 0 Å². The molecule has 26 heavy (non-hydrogen) atoms. The molecule has 0 unspecified atom stereocenters. The number of likely N-dealkylation sites (tertiary alicyclic amines) is 1. The molecule has 0 saturated carbocycles. The molecule has 0 aliphatic carbocycles. The fourth-order valence-corrected chi connectivity index (χ4v) is 2.82. The van der Waals surface area contributed by atoms with Gasteiger partial charge in [-0.05, 0) is 25.0 Å². The minimum atomic E-state index is -1.06. The molecule has 1 saturated heterocycles. The lowest BCUT2D eigenvalue weighted by atomic mass is 9.95. The summed E-state index contributed by atoms with van der Waals surface area (Å²) in [4.78, 5) is 37.7. The Bertz CT molecular complexity index is 686. The summed E-state index contributed by atoms with van der Waals surface area (Å²) >= 11 is 0. The van der Waals surface area contributed by atoms with Crippen molar-refractivity contribution < 1.29 is 23.2 Å². The van der Waals surface area contributed by atoms with E-state index in [0.29, 0.717) is 25.9 Å². The maximum absolute atomic E-state index is 13.1. The zero-order valence-corrected chi connectivity index (χ0v) is 14.9. The van der Waals surface area contributed by atoms with E-state index >= 15 is 0 Å². The van der Waals surface area contributed by atoms with Crippen LogP contribution in [0.3, 0.4) is 0 Å². The summed E-state index contributed by atoms with van der Waals surface area (Å²) in [6.45, 7) is 4.47. The van der Waals surface area contributed by atoms with Gasteiger partial charge in [0, 0.05) is 36.7 Å². The molecule has 1 heterocycles. The Kier molecular flexibility index (Phi) is 6.65. The van der Waals surface area contributed by atoms with Crippen molar-refractivity contribution in [1.82, 2.24) is 10.2 Å². The van der Waals surface area contributed by atoms with Crippen molar-refractivity contribution in [2.75, 3.05) is 25.0 Å². The SMILES string of the molecule is CC(C)C(=O)N1CCC(C(=O)NCC(=O)Nc2ccc(F)c(F)c2)CC1. The highest BCUT2D eigenvalue weighted by Crippen LogP contribution is 2.19. The molecule has 6 nitrogen and oxygen atoms in total. The number of amides is 3. The summed E-state index contributed by atoms with van der Waals surface area (Å²) in [5, 5.41) is 4.93. The molecular formula is C18H23F2N3O3. The van der Waals surface area contributed by atoms with Gasteiger partial charge in [-0.3, -0.25) is 14.4 Å². The number of piperidine rings is 1. The predicted molar refractivity (Wildman–Crippen MR) is 92.1 cm³/mol. The summed E-state index contributed by atoms with van der Waals surface area (Å²) in [5.41, 5.74) is 0.114. The van der Waals surface area contributed by atoms with Crippen LogP contribution in [0.25, 0.3) is 0 Å². The summed E-state index contributed by atoms with van der Waals surface area (Å²) in [7, 11) is 0. The van der Waals surface area contributed by atoms with Crippen molar-refractivity contribution >= 4 is 23.4 Å². The molecule has 1 aromatic carbocycles. The lowest BCUT2D eigenvalue weighted by molar-refractivity contribution is -0.138. The fraction of sp³-hybridized carbons (Fsp3) is 0.500. The first-order valence-electron chi connectivity index (χ1n) is 8.59.